The van der Waals surface area contributed by atoms with Crippen molar-refractivity contribution >= 4 is 10.0 Å². The standard InChI is InChI=1S/C11H19N3O4S/c1-2-10-9-18-6-4-14(10)19(16,17)11-7-12-13(8-11)3-5-15/h7-8,10,15H,2-6,9H2,1H3. The first-order valence-corrected chi connectivity index (χ1v) is 7.76. The van der Waals surface area contributed by atoms with Crippen LogP contribution in [0.4, 0.5) is 0 Å². The van der Waals surface area contributed by atoms with Gasteiger partial charge in [0.1, 0.15) is 4.90 Å². The van der Waals surface area contributed by atoms with Gasteiger partial charge in [-0.2, -0.15) is 9.40 Å². The van der Waals surface area contributed by atoms with Crippen LogP contribution in [0.1, 0.15) is 13.3 Å². The lowest BCUT2D eigenvalue weighted by Gasteiger charge is -2.33. The second kappa shape index (κ2) is 6.00. The molecule has 8 heteroatoms. The van der Waals surface area contributed by atoms with E-state index in [9.17, 15) is 8.42 Å². The van der Waals surface area contributed by atoms with Crippen LogP contribution in [-0.4, -0.2) is 60.0 Å². The molecule has 0 amide bonds. The third-order valence-electron chi connectivity index (χ3n) is 3.19. The summed E-state index contributed by atoms with van der Waals surface area (Å²) in [6.07, 6.45) is 3.49. The van der Waals surface area contributed by atoms with E-state index in [1.165, 1.54) is 21.4 Å². The van der Waals surface area contributed by atoms with E-state index in [1.807, 2.05) is 6.92 Å². The Hall–Kier alpha value is -0.960. The number of aromatic nitrogens is 2. The quantitative estimate of drug-likeness (QED) is 0.802. The summed E-state index contributed by atoms with van der Waals surface area (Å²) in [5.74, 6) is 0. The second-order valence-electron chi connectivity index (χ2n) is 4.42. The van der Waals surface area contributed by atoms with Crippen molar-refractivity contribution in [3.05, 3.63) is 12.4 Å². The van der Waals surface area contributed by atoms with Gasteiger partial charge < -0.3 is 9.84 Å². The number of sulfonamides is 1. The molecule has 0 aromatic carbocycles. The SMILES string of the molecule is CCC1COCCN1S(=O)(=O)c1cnn(CCO)c1. The topological polar surface area (TPSA) is 84.7 Å². The summed E-state index contributed by atoms with van der Waals surface area (Å²) >= 11 is 0. The van der Waals surface area contributed by atoms with E-state index in [4.69, 9.17) is 9.84 Å². The fourth-order valence-corrected chi connectivity index (χ4v) is 3.74. The van der Waals surface area contributed by atoms with E-state index < -0.39 is 10.0 Å². The van der Waals surface area contributed by atoms with Gasteiger partial charge in [0.2, 0.25) is 10.0 Å². The lowest BCUT2D eigenvalue weighted by molar-refractivity contribution is 0.0314. The molecule has 1 unspecified atom stereocenters. The normalized spacial score (nSPS) is 21.7. The maximum absolute atomic E-state index is 12.5. The zero-order valence-corrected chi connectivity index (χ0v) is 11.7. The first-order valence-electron chi connectivity index (χ1n) is 6.32. The van der Waals surface area contributed by atoms with E-state index in [0.29, 0.717) is 26.2 Å². The van der Waals surface area contributed by atoms with Gasteiger partial charge in [0.05, 0.1) is 32.6 Å². The van der Waals surface area contributed by atoms with Crippen molar-refractivity contribution in [1.29, 1.82) is 0 Å². The minimum atomic E-state index is -3.53. The van der Waals surface area contributed by atoms with Gasteiger partial charge in [-0.1, -0.05) is 6.92 Å². The second-order valence-corrected chi connectivity index (χ2v) is 6.31. The Labute approximate surface area is 112 Å². The molecule has 0 radical (unpaired) electrons. The van der Waals surface area contributed by atoms with Gasteiger partial charge in [-0.05, 0) is 6.42 Å². The van der Waals surface area contributed by atoms with Crippen LogP contribution in [0, 0.1) is 0 Å². The van der Waals surface area contributed by atoms with Crippen molar-refractivity contribution in [3.63, 3.8) is 0 Å². The largest absolute Gasteiger partial charge is 0.394 e. The van der Waals surface area contributed by atoms with Gasteiger partial charge >= 0.3 is 0 Å². The fraction of sp³-hybridized carbons (Fsp3) is 0.727. The van der Waals surface area contributed by atoms with Crippen LogP contribution >= 0.6 is 0 Å². The predicted molar refractivity (Wildman–Crippen MR) is 68.1 cm³/mol. The van der Waals surface area contributed by atoms with Crippen LogP contribution in [0.3, 0.4) is 0 Å². The first-order chi connectivity index (χ1) is 9.09. The molecule has 1 N–H and O–H groups in total. The highest BCUT2D eigenvalue weighted by molar-refractivity contribution is 7.89. The minimum Gasteiger partial charge on any atom is -0.394 e. The summed E-state index contributed by atoms with van der Waals surface area (Å²) in [4.78, 5) is 0.168. The Morgan fingerprint density at radius 2 is 2.37 bits per heavy atom. The number of aliphatic hydroxyl groups excluding tert-OH is 1. The maximum Gasteiger partial charge on any atom is 0.246 e. The van der Waals surface area contributed by atoms with Crippen LogP contribution in [-0.2, 0) is 21.3 Å². The van der Waals surface area contributed by atoms with Crippen molar-refractivity contribution in [1.82, 2.24) is 14.1 Å². The Morgan fingerprint density at radius 1 is 1.58 bits per heavy atom. The molecule has 1 aromatic heterocycles. The maximum atomic E-state index is 12.5. The molecule has 108 valence electrons. The first kappa shape index (κ1) is 14.4. The molecule has 1 aliphatic heterocycles. The predicted octanol–water partition coefficient (Wildman–Crippen LogP) is -0.325. The number of morpholine rings is 1. The molecule has 2 rings (SSSR count). The monoisotopic (exact) mass is 289 g/mol. The average Bonchev–Trinajstić information content (AvgIpc) is 2.88. The summed E-state index contributed by atoms with van der Waals surface area (Å²) < 4.78 is 33.3. The van der Waals surface area contributed by atoms with Gasteiger partial charge in [-0.25, -0.2) is 8.42 Å². The third-order valence-corrected chi connectivity index (χ3v) is 5.09. The van der Waals surface area contributed by atoms with Crippen molar-refractivity contribution in [2.24, 2.45) is 0 Å². The molecule has 7 nitrogen and oxygen atoms in total. The van der Waals surface area contributed by atoms with Crippen LogP contribution < -0.4 is 0 Å². The number of rotatable bonds is 5. The van der Waals surface area contributed by atoms with Gasteiger partial charge in [0.15, 0.2) is 0 Å². The molecule has 1 fully saturated rings. The van der Waals surface area contributed by atoms with Crippen LogP contribution in [0.2, 0.25) is 0 Å². The Balaban J connectivity index is 2.24. The zero-order valence-electron chi connectivity index (χ0n) is 10.9. The van der Waals surface area contributed by atoms with E-state index in [-0.39, 0.29) is 24.1 Å². The summed E-state index contributed by atoms with van der Waals surface area (Å²) in [6, 6.07) is -0.125. The summed E-state index contributed by atoms with van der Waals surface area (Å²) in [7, 11) is -3.53. The Morgan fingerprint density at radius 3 is 3.05 bits per heavy atom. The summed E-state index contributed by atoms with van der Waals surface area (Å²) in [5.41, 5.74) is 0. The van der Waals surface area contributed by atoms with Crippen molar-refractivity contribution < 1.29 is 18.3 Å². The molecule has 19 heavy (non-hydrogen) atoms. The third kappa shape index (κ3) is 2.97. The lowest BCUT2D eigenvalue weighted by atomic mass is 10.2. The van der Waals surface area contributed by atoms with E-state index in [1.54, 1.807) is 0 Å². The van der Waals surface area contributed by atoms with E-state index >= 15 is 0 Å². The number of hydrogen-bond acceptors (Lipinski definition) is 5. The Bertz CT molecular complexity index is 514. The molecule has 1 atom stereocenters. The number of aliphatic hydroxyl groups is 1. The van der Waals surface area contributed by atoms with Crippen molar-refractivity contribution in [2.45, 2.75) is 30.8 Å². The zero-order chi connectivity index (χ0) is 13.9. The highest BCUT2D eigenvalue weighted by Crippen LogP contribution is 2.21. The van der Waals surface area contributed by atoms with Crippen LogP contribution in [0.15, 0.2) is 17.3 Å². The fourth-order valence-electron chi connectivity index (χ4n) is 2.12. The highest BCUT2D eigenvalue weighted by Gasteiger charge is 2.33. The highest BCUT2D eigenvalue weighted by atomic mass is 32.2. The molecule has 0 aliphatic carbocycles. The molecule has 2 heterocycles. The number of ether oxygens (including phenoxy) is 1. The molecular formula is C11H19N3O4S. The average molecular weight is 289 g/mol. The number of hydrogen-bond donors (Lipinski definition) is 1. The van der Waals surface area contributed by atoms with Gasteiger partial charge in [0.25, 0.3) is 0 Å². The summed E-state index contributed by atoms with van der Waals surface area (Å²) in [6.45, 7) is 3.37. The molecule has 1 aliphatic rings. The molecule has 0 spiro atoms. The van der Waals surface area contributed by atoms with Crippen LogP contribution in [0.5, 0.6) is 0 Å². The van der Waals surface area contributed by atoms with E-state index in [2.05, 4.69) is 5.10 Å². The lowest BCUT2D eigenvalue weighted by Crippen LogP contribution is -2.48. The molecule has 1 saturated heterocycles. The van der Waals surface area contributed by atoms with Gasteiger partial charge in [-0.3, -0.25) is 4.68 Å². The van der Waals surface area contributed by atoms with Gasteiger partial charge in [0, 0.05) is 18.8 Å². The number of nitrogens with zero attached hydrogens (tertiary/aromatic N) is 3. The van der Waals surface area contributed by atoms with Gasteiger partial charge in [-0.15, -0.1) is 0 Å². The molecule has 0 saturated carbocycles. The minimum absolute atomic E-state index is 0.0731. The van der Waals surface area contributed by atoms with Crippen LogP contribution in [0.25, 0.3) is 0 Å². The molecular weight excluding hydrogens is 270 g/mol. The molecule has 0 bridgehead atoms. The van der Waals surface area contributed by atoms with E-state index in [0.717, 1.165) is 0 Å². The Kier molecular flexibility index (Phi) is 4.56. The summed E-state index contributed by atoms with van der Waals surface area (Å²) in [5, 5.41) is 12.8. The van der Waals surface area contributed by atoms with Crippen molar-refractivity contribution in [3.8, 4) is 0 Å². The molecule has 1 aromatic rings. The van der Waals surface area contributed by atoms with Crippen molar-refractivity contribution in [2.75, 3.05) is 26.4 Å². The smallest absolute Gasteiger partial charge is 0.246 e.